The molecular formula is C22H23N2O3S3+. The fourth-order valence-electron chi connectivity index (χ4n) is 3.53. The number of benzene rings is 2. The van der Waals surface area contributed by atoms with Gasteiger partial charge in [0.25, 0.3) is 15.1 Å². The van der Waals surface area contributed by atoms with Gasteiger partial charge in [0, 0.05) is 30.0 Å². The van der Waals surface area contributed by atoms with Crippen LogP contribution in [0.1, 0.15) is 18.4 Å². The van der Waals surface area contributed by atoms with Gasteiger partial charge in [-0.3, -0.25) is 4.55 Å². The van der Waals surface area contributed by atoms with E-state index in [-0.39, 0.29) is 5.75 Å². The lowest BCUT2D eigenvalue weighted by Crippen LogP contribution is -2.35. The molecule has 0 radical (unpaired) electrons. The van der Waals surface area contributed by atoms with Gasteiger partial charge in [-0.05, 0) is 31.2 Å². The van der Waals surface area contributed by atoms with Gasteiger partial charge in [-0.2, -0.15) is 13.0 Å². The maximum atomic E-state index is 11.1. The van der Waals surface area contributed by atoms with Gasteiger partial charge in [-0.25, -0.2) is 0 Å². The Morgan fingerprint density at radius 3 is 2.70 bits per heavy atom. The van der Waals surface area contributed by atoms with Gasteiger partial charge in [-0.1, -0.05) is 53.4 Å². The molecule has 0 atom stereocenters. The smallest absolute Gasteiger partial charge is 0.265 e. The molecule has 8 heteroatoms. The van der Waals surface area contributed by atoms with Gasteiger partial charge in [-0.15, -0.1) is 0 Å². The number of allylic oxidation sites excluding steroid dienone is 2. The molecule has 0 fully saturated rings. The highest BCUT2D eigenvalue weighted by atomic mass is 32.2. The molecule has 5 nitrogen and oxygen atoms in total. The predicted octanol–water partition coefficient (Wildman–Crippen LogP) is 4.95. The maximum absolute atomic E-state index is 11.1. The normalized spacial score (nSPS) is 15.5. The number of aryl methyl sites for hydroxylation is 1. The Morgan fingerprint density at radius 2 is 1.90 bits per heavy atom. The second kappa shape index (κ2) is 8.93. The van der Waals surface area contributed by atoms with E-state index in [1.54, 1.807) is 23.1 Å². The number of aromatic nitrogens is 1. The average molecular weight is 460 g/mol. The molecule has 30 heavy (non-hydrogen) atoms. The molecule has 2 heterocycles. The molecule has 0 saturated heterocycles. The molecule has 1 aliphatic heterocycles. The molecule has 3 aromatic rings. The summed E-state index contributed by atoms with van der Waals surface area (Å²) in [5.41, 5.74) is 2.31. The summed E-state index contributed by atoms with van der Waals surface area (Å²) in [6.07, 6.45) is 6.62. The topological polar surface area (TPSA) is 61.5 Å². The Bertz CT molecular complexity index is 1230. The van der Waals surface area contributed by atoms with Crippen molar-refractivity contribution in [3.05, 3.63) is 70.7 Å². The standard InChI is InChI=1S/C22H22N2O3S3/c1-2-23-17-9-3-5-11-19(17)28-21(23)13-7-14-22-24(15-8-16-30(25,26)27)18-10-4-6-12-20(18)29-22/h3-7,9-14H,2,8,15-16H2,1H3/p+1. The Balaban J connectivity index is 1.60. The summed E-state index contributed by atoms with van der Waals surface area (Å²) in [4.78, 5) is 3.57. The fourth-order valence-corrected chi connectivity index (χ4v) is 6.26. The third-order valence-corrected chi connectivity index (χ3v) is 7.92. The Labute approximate surface area is 185 Å². The predicted molar refractivity (Wildman–Crippen MR) is 125 cm³/mol. The summed E-state index contributed by atoms with van der Waals surface area (Å²) in [5, 5.41) is 2.24. The SMILES string of the molecule is CCN1/C(=C\C=C\c2sc3ccccc3[n+]2CCCS(=O)(=O)O)Sc2ccccc21. The second-order valence-electron chi connectivity index (χ2n) is 6.88. The Kier molecular flexibility index (Phi) is 6.29. The van der Waals surface area contributed by atoms with E-state index in [4.69, 9.17) is 4.55 Å². The molecule has 0 aliphatic carbocycles. The molecular weight excluding hydrogens is 436 g/mol. The molecule has 0 amide bonds. The Hall–Kier alpha value is -2.13. The van der Waals surface area contributed by atoms with Crippen LogP contribution in [0.25, 0.3) is 16.3 Å². The average Bonchev–Trinajstić information content (AvgIpc) is 3.25. The first-order valence-corrected chi connectivity index (χ1v) is 13.0. The summed E-state index contributed by atoms with van der Waals surface area (Å²) in [6, 6.07) is 16.5. The molecule has 1 N–H and O–H groups in total. The fraction of sp³-hybridized carbons (Fsp3) is 0.227. The van der Waals surface area contributed by atoms with E-state index in [0.717, 1.165) is 21.8 Å². The van der Waals surface area contributed by atoms with E-state index >= 15 is 0 Å². The zero-order chi connectivity index (χ0) is 21.1. The van der Waals surface area contributed by atoms with Crippen molar-refractivity contribution >= 4 is 55.2 Å². The van der Waals surface area contributed by atoms with Crippen molar-refractivity contribution in [1.82, 2.24) is 0 Å². The van der Waals surface area contributed by atoms with Crippen molar-refractivity contribution in [2.24, 2.45) is 0 Å². The van der Waals surface area contributed by atoms with Crippen molar-refractivity contribution in [3.63, 3.8) is 0 Å². The number of thioether (sulfide) groups is 1. The first-order valence-electron chi connectivity index (χ1n) is 9.75. The van der Waals surface area contributed by atoms with Crippen LogP contribution >= 0.6 is 23.1 Å². The van der Waals surface area contributed by atoms with Crippen LogP contribution in [0.4, 0.5) is 5.69 Å². The number of thiazole rings is 1. The number of hydrogen-bond donors (Lipinski definition) is 1. The van der Waals surface area contributed by atoms with E-state index in [1.165, 1.54) is 15.6 Å². The number of fused-ring (bicyclic) bond motifs is 2. The minimum atomic E-state index is -3.95. The lowest BCUT2D eigenvalue weighted by atomic mass is 10.3. The first-order chi connectivity index (χ1) is 14.5. The number of para-hydroxylation sites is 2. The minimum Gasteiger partial charge on any atom is -0.335 e. The monoisotopic (exact) mass is 459 g/mol. The first kappa shape index (κ1) is 21.1. The Morgan fingerprint density at radius 1 is 1.13 bits per heavy atom. The zero-order valence-corrected chi connectivity index (χ0v) is 19.0. The third kappa shape index (κ3) is 4.62. The lowest BCUT2D eigenvalue weighted by Gasteiger charge is -2.17. The minimum absolute atomic E-state index is 0.238. The van der Waals surface area contributed by atoms with Crippen LogP contribution in [0.2, 0.25) is 0 Å². The summed E-state index contributed by atoms with van der Waals surface area (Å²) in [7, 11) is -3.95. The van der Waals surface area contributed by atoms with Crippen LogP contribution in [-0.4, -0.2) is 25.3 Å². The van der Waals surface area contributed by atoms with Crippen molar-refractivity contribution in [2.75, 3.05) is 17.2 Å². The maximum Gasteiger partial charge on any atom is 0.265 e. The summed E-state index contributed by atoms with van der Waals surface area (Å²) in [5.74, 6) is -0.238. The number of hydrogen-bond acceptors (Lipinski definition) is 5. The van der Waals surface area contributed by atoms with Crippen LogP contribution in [0.3, 0.4) is 0 Å². The molecule has 0 bridgehead atoms. The second-order valence-corrected chi connectivity index (χ2v) is 10.6. The van der Waals surface area contributed by atoms with Crippen molar-refractivity contribution in [1.29, 1.82) is 0 Å². The highest BCUT2D eigenvalue weighted by molar-refractivity contribution is 8.03. The van der Waals surface area contributed by atoms with E-state index in [0.29, 0.717) is 13.0 Å². The largest absolute Gasteiger partial charge is 0.335 e. The van der Waals surface area contributed by atoms with Crippen LogP contribution in [0.15, 0.2) is 70.6 Å². The lowest BCUT2D eigenvalue weighted by molar-refractivity contribution is -0.668. The molecule has 4 rings (SSSR count). The molecule has 0 saturated carbocycles. The zero-order valence-electron chi connectivity index (χ0n) is 16.6. The highest BCUT2D eigenvalue weighted by Gasteiger charge is 2.23. The third-order valence-electron chi connectivity index (χ3n) is 4.85. The van der Waals surface area contributed by atoms with Crippen molar-refractivity contribution in [3.8, 4) is 0 Å². The summed E-state index contributed by atoms with van der Waals surface area (Å²) >= 11 is 3.44. The number of nitrogens with zero attached hydrogens (tertiary/aromatic N) is 2. The highest BCUT2D eigenvalue weighted by Crippen LogP contribution is 2.45. The molecule has 1 aromatic heterocycles. The van der Waals surface area contributed by atoms with Gasteiger partial charge >= 0.3 is 0 Å². The molecule has 1 aliphatic rings. The number of rotatable bonds is 7. The van der Waals surface area contributed by atoms with Crippen LogP contribution < -0.4 is 9.47 Å². The van der Waals surface area contributed by atoms with E-state index in [1.807, 2.05) is 18.2 Å². The van der Waals surface area contributed by atoms with Crippen LogP contribution in [0, 0.1) is 0 Å². The van der Waals surface area contributed by atoms with Crippen LogP contribution in [0.5, 0.6) is 0 Å². The molecule has 0 spiro atoms. The van der Waals surface area contributed by atoms with Gasteiger partial charge in [0.15, 0.2) is 6.54 Å². The van der Waals surface area contributed by atoms with Gasteiger partial charge < -0.3 is 4.90 Å². The van der Waals surface area contributed by atoms with Gasteiger partial charge in [0.05, 0.1) is 16.5 Å². The van der Waals surface area contributed by atoms with Crippen molar-refractivity contribution in [2.45, 2.75) is 24.8 Å². The molecule has 0 unspecified atom stereocenters. The van der Waals surface area contributed by atoms with Crippen LogP contribution in [-0.2, 0) is 16.7 Å². The van der Waals surface area contributed by atoms with E-state index in [2.05, 4.69) is 65.0 Å². The van der Waals surface area contributed by atoms with Crippen molar-refractivity contribution < 1.29 is 17.5 Å². The van der Waals surface area contributed by atoms with E-state index in [9.17, 15) is 8.42 Å². The summed E-state index contributed by atoms with van der Waals surface area (Å²) in [6.45, 7) is 3.58. The van der Waals surface area contributed by atoms with Gasteiger partial charge in [0.2, 0.25) is 5.52 Å². The number of anilines is 1. The molecule has 2 aromatic carbocycles. The molecule has 156 valence electrons. The summed E-state index contributed by atoms with van der Waals surface area (Å²) < 4.78 is 34.5. The van der Waals surface area contributed by atoms with E-state index < -0.39 is 10.1 Å². The van der Waals surface area contributed by atoms with Gasteiger partial charge in [0.1, 0.15) is 4.70 Å². The quantitative estimate of drug-likeness (QED) is 0.400.